The molecule has 0 fully saturated rings. The Morgan fingerprint density at radius 2 is 1.75 bits per heavy atom. The molecule has 0 N–H and O–H groups in total. The van der Waals surface area contributed by atoms with Gasteiger partial charge in [0.1, 0.15) is 7.05 Å². The van der Waals surface area contributed by atoms with Crippen LogP contribution in [-0.4, -0.2) is 0 Å². The Balaban J connectivity index is 2.22. The van der Waals surface area contributed by atoms with Crippen LogP contribution in [0.4, 0.5) is 0 Å². The van der Waals surface area contributed by atoms with Crippen molar-refractivity contribution in [2.45, 2.75) is 20.3 Å². The second-order valence-corrected chi connectivity index (χ2v) is 5.34. The predicted octanol–water partition coefficient (Wildman–Crippen LogP) is 4.20. The highest BCUT2D eigenvalue weighted by atomic mass is 14.9. The molecule has 1 aromatic heterocycles. The van der Waals surface area contributed by atoms with Gasteiger partial charge in [-0.25, -0.2) is 0 Å². The molecule has 0 radical (unpaired) electrons. The number of pyridine rings is 1. The summed E-state index contributed by atoms with van der Waals surface area (Å²) >= 11 is 0. The molecule has 0 saturated carbocycles. The molecule has 0 saturated heterocycles. The van der Waals surface area contributed by atoms with Gasteiger partial charge >= 0.3 is 0 Å². The number of benzene rings is 2. The van der Waals surface area contributed by atoms with Gasteiger partial charge in [0.25, 0.3) is 0 Å². The van der Waals surface area contributed by atoms with Crippen LogP contribution in [0, 0.1) is 6.92 Å². The minimum atomic E-state index is 1.09. The summed E-state index contributed by atoms with van der Waals surface area (Å²) in [4.78, 5) is 0. The molecule has 0 aliphatic carbocycles. The van der Waals surface area contributed by atoms with Crippen molar-refractivity contribution in [2.75, 3.05) is 0 Å². The van der Waals surface area contributed by atoms with E-state index in [0.29, 0.717) is 0 Å². The molecule has 3 aromatic rings. The fourth-order valence-electron chi connectivity index (χ4n) is 2.85. The van der Waals surface area contributed by atoms with Crippen molar-refractivity contribution < 1.29 is 4.57 Å². The molecule has 1 heteroatoms. The van der Waals surface area contributed by atoms with E-state index >= 15 is 0 Å². The Morgan fingerprint density at radius 3 is 2.50 bits per heavy atom. The topological polar surface area (TPSA) is 3.88 Å². The number of rotatable bonds is 2. The van der Waals surface area contributed by atoms with Crippen LogP contribution in [0.15, 0.2) is 54.6 Å². The molecule has 0 spiro atoms. The molecule has 0 amide bonds. The van der Waals surface area contributed by atoms with E-state index in [9.17, 15) is 0 Å². The van der Waals surface area contributed by atoms with E-state index in [-0.39, 0.29) is 0 Å². The number of hydrogen-bond donors (Lipinski definition) is 0. The number of aromatic nitrogens is 1. The Kier molecular flexibility index (Phi) is 3.27. The molecule has 1 nitrogen and oxygen atoms in total. The first-order valence-corrected chi connectivity index (χ1v) is 7.18. The van der Waals surface area contributed by atoms with E-state index in [4.69, 9.17) is 0 Å². The Morgan fingerprint density at radius 1 is 0.950 bits per heavy atom. The van der Waals surface area contributed by atoms with Crippen molar-refractivity contribution in [1.82, 2.24) is 0 Å². The monoisotopic (exact) mass is 262 g/mol. The fourth-order valence-corrected chi connectivity index (χ4v) is 2.85. The van der Waals surface area contributed by atoms with Crippen molar-refractivity contribution >= 4 is 10.9 Å². The van der Waals surface area contributed by atoms with Crippen LogP contribution in [0.1, 0.15) is 18.1 Å². The number of aryl methyl sites for hydroxylation is 3. The zero-order valence-electron chi connectivity index (χ0n) is 12.4. The summed E-state index contributed by atoms with van der Waals surface area (Å²) in [5.41, 5.74) is 6.59. The summed E-state index contributed by atoms with van der Waals surface area (Å²) in [5, 5.41) is 1.28. The van der Waals surface area contributed by atoms with E-state index in [1.165, 1.54) is 33.3 Å². The maximum atomic E-state index is 2.30. The minimum absolute atomic E-state index is 1.09. The maximum absolute atomic E-state index is 2.30. The average Bonchev–Trinajstić information content (AvgIpc) is 2.48. The zero-order chi connectivity index (χ0) is 14.1. The summed E-state index contributed by atoms with van der Waals surface area (Å²) < 4.78 is 2.28. The normalized spacial score (nSPS) is 10.9. The molecule has 0 aliphatic heterocycles. The summed E-state index contributed by atoms with van der Waals surface area (Å²) in [6.45, 7) is 4.40. The molecule has 0 unspecified atom stereocenters. The molecule has 0 aliphatic rings. The second kappa shape index (κ2) is 5.09. The lowest BCUT2D eigenvalue weighted by Crippen LogP contribution is -2.32. The molecular formula is C19H20N+. The molecule has 1 heterocycles. The Bertz CT molecular complexity index is 772. The van der Waals surface area contributed by atoms with Gasteiger partial charge in [-0.15, -0.1) is 0 Å². The van der Waals surface area contributed by atoms with Gasteiger partial charge in [-0.3, -0.25) is 0 Å². The van der Waals surface area contributed by atoms with E-state index in [1.807, 2.05) is 0 Å². The van der Waals surface area contributed by atoms with Gasteiger partial charge < -0.3 is 0 Å². The van der Waals surface area contributed by atoms with Crippen LogP contribution in [-0.2, 0) is 13.5 Å². The smallest absolute Gasteiger partial charge is 0.194 e. The maximum Gasteiger partial charge on any atom is 0.213 e. The van der Waals surface area contributed by atoms with E-state index in [1.54, 1.807) is 0 Å². The number of para-hydroxylation sites is 1. The minimum Gasteiger partial charge on any atom is -0.194 e. The first-order chi connectivity index (χ1) is 9.70. The lowest BCUT2D eigenvalue weighted by Gasteiger charge is -2.08. The van der Waals surface area contributed by atoms with Gasteiger partial charge in [-0.1, -0.05) is 31.2 Å². The third-order valence-corrected chi connectivity index (χ3v) is 4.06. The summed E-state index contributed by atoms with van der Waals surface area (Å²) in [7, 11) is 2.14. The van der Waals surface area contributed by atoms with E-state index in [0.717, 1.165) is 6.42 Å². The van der Waals surface area contributed by atoms with Crippen LogP contribution in [0.5, 0.6) is 0 Å². The van der Waals surface area contributed by atoms with Crippen molar-refractivity contribution in [3.05, 3.63) is 65.7 Å². The standard InChI is InChI=1S/C19H20N/c1-4-15-9-11-17(14(2)13-15)19-12-10-16-7-5-6-8-18(16)20(19)3/h5-13H,4H2,1-3H3/q+1. The Labute approximate surface area is 120 Å². The van der Waals surface area contributed by atoms with E-state index < -0.39 is 0 Å². The van der Waals surface area contributed by atoms with Gasteiger partial charge in [0, 0.05) is 23.1 Å². The van der Waals surface area contributed by atoms with Crippen molar-refractivity contribution in [2.24, 2.45) is 7.05 Å². The third-order valence-electron chi connectivity index (χ3n) is 4.06. The first-order valence-electron chi connectivity index (χ1n) is 7.18. The average molecular weight is 262 g/mol. The van der Waals surface area contributed by atoms with Gasteiger partial charge in [-0.05, 0) is 42.7 Å². The third kappa shape index (κ3) is 2.09. The molecular weight excluding hydrogens is 242 g/mol. The zero-order valence-corrected chi connectivity index (χ0v) is 12.4. The predicted molar refractivity (Wildman–Crippen MR) is 84.7 cm³/mol. The quantitative estimate of drug-likeness (QED) is 0.609. The number of fused-ring (bicyclic) bond motifs is 1. The van der Waals surface area contributed by atoms with Crippen LogP contribution >= 0.6 is 0 Å². The van der Waals surface area contributed by atoms with Gasteiger partial charge in [0.15, 0.2) is 0 Å². The number of nitrogens with zero attached hydrogens (tertiary/aromatic N) is 1. The van der Waals surface area contributed by atoms with Gasteiger partial charge in [-0.2, -0.15) is 4.57 Å². The second-order valence-electron chi connectivity index (χ2n) is 5.34. The molecule has 100 valence electrons. The highest BCUT2D eigenvalue weighted by Crippen LogP contribution is 2.23. The molecule has 0 atom stereocenters. The van der Waals surface area contributed by atoms with Crippen LogP contribution in [0.3, 0.4) is 0 Å². The lowest BCUT2D eigenvalue weighted by molar-refractivity contribution is -0.633. The number of hydrogen-bond acceptors (Lipinski definition) is 0. The highest BCUT2D eigenvalue weighted by Gasteiger charge is 2.15. The van der Waals surface area contributed by atoms with E-state index in [2.05, 4.69) is 80.1 Å². The molecule has 3 rings (SSSR count). The first kappa shape index (κ1) is 12.9. The Hall–Kier alpha value is -2.15. The van der Waals surface area contributed by atoms with Crippen LogP contribution in [0.2, 0.25) is 0 Å². The molecule has 0 bridgehead atoms. The van der Waals surface area contributed by atoms with Gasteiger partial charge in [0.2, 0.25) is 11.2 Å². The summed E-state index contributed by atoms with van der Waals surface area (Å²) in [5.74, 6) is 0. The van der Waals surface area contributed by atoms with Crippen molar-refractivity contribution in [1.29, 1.82) is 0 Å². The van der Waals surface area contributed by atoms with Crippen LogP contribution in [0.25, 0.3) is 22.2 Å². The largest absolute Gasteiger partial charge is 0.213 e. The van der Waals surface area contributed by atoms with Crippen LogP contribution < -0.4 is 4.57 Å². The molecule has 2 aromatic carbocycles. The SMILES string of the molecule is CCc1ccc(-c2ccc3ccccc3[n+]2C)c(C)c1. The van der Waals surface area contributed by atoms with Gasteiger partial charge in [0.05, 0.1) is 0 Å². The summed E-state index contributed by atoms with van der Waals surface area (Å²) in [6.07, 6.45) is 1.09. The highest BCUT2D eigenvalue weighted by molar-refractivity contribution is 5.77. The van der Waals surface area contributed by atoms with Crippen molar-refractivity contribution in [3.63, 3.8) is 0 Å². The fraction of sp³-hybridized carbons (Fsp3) is 0.211. The lowest BCUT2D eigenvalue weighted by atomic mass is 10.00. The summed E-state index contributed by atoms with van der Waals surface area (Å²) in [6, 6.07) is 19.7. The molecule has 20 heavy (non-hydrogen) atoms. The van der Waals surface area contributed by atoms with Crippen molar-refractivity contribution in [3.8, 4) is 11.3 Å².